The molecule has 0 saturated carbocycles. The number of esters is 1. The molecule has 0 bridgehead atoms. The van der Waals surface area contributed by atoms with Gasteiger partial charge < -0.3 is 14.0 Å². The highest BCUT2D eigenvalue weighted by Crippen LogP contribution is 2.19. The molecular weight excluding hydrogens is 340 g/mol. The fourth-order valence-corrected chi connectivity index (χ4v) is 2.92. The van der Waals surface area contributed by atoms with Gasteiger partial charge in [-0.05, 0) is 56.5 Å². The first-order chi connectivity index (χ1) is 13.0. The van der Waals surface area contributed by atoms with Gasteiger partial charge >= 0.3 is 5.97 Å². The molecular formula is C22H26N2O3. The van der Waals surface area contributed by atoms with E-state index in [4.69, 9.17) is 9.47 Å². The molecule has 1 heterocycles. The molecule has 1 aromatic carbocycles. The van der Waals surface area contributed by atoms with Crippen molar-refractivity contribution in [1.29, 1.82) is 5.26 Å². The molecule has 0 amide bonds. The summed E-state index contributed by atoms with van der Waals surface area (Å²) in [5.41, 5.74) is 4.02. The number of carbonyl (C=O) groups is 1. The minimum Gasteiger partial charge on any atom is -0.490 e. The first-order valence-electron chi connectivity index (χ1n) is 9.12. The van der Waals surface area contributed by atoms with Crippen molar-refractivity contribution < 1.29 is 14.3 Å². The first kappa shape index (κ1) is 20.3. The van der Waals surface area contributed by atoms with Gasteiger partial charge in [0.05, 0.1) is 0 Å². The number of benzene rings is 1. The Kier molecular flexibility index (Phi) is 7.25. The van der Waals surface area contributed by atoms with Crippen LogP contribution in [0.4, 0.5) is 0 Å². The molecule has 0 radical (unpaired) electrons. The SMILES string of the molecule is CCCn1c(C)cc(/C=C(\C#N)C(=O)OCCOc2ccccc2C)c1C. The van der Waals surface area contributed by atoms with E-state index in [1.54, 1.807) is 6.08 Å². The summed E-state index contributed by atoms with van der Waals surface area (Å²) in [6, 6.07) is 11.6. The summed E-state index contributed by atoms with van der Waals surface area (Å²) in [5.74, 6) is 0.124. The molecule has 0 atom stereocenters. The predicted molar refractivity (Wildman–Crippen MR) is 105 cm³/mol. The van der Waals surface area contributed by atoms with Crippen LogP contribution in [0.3, 0.4) is 0 Å². The van der Waals surface area contributed by atoms with Crippen molar-refractivity contribution in [2.75, 3.05) is 13.2 Å². The maximum atomic E-state index is 12.2. The van der Waals surface area contributed by atoms with Gasteiger partial charge in [0.2, 0.25) is 0 Å². The van der Waals surface area contributed by atoms with E-state index in [9.17, 15) is 10.1 Å². The van der Waals surface area contributed by atoms with Crippen LogP contribution in [-0.2, 0) is 16.1 Å². The quantitative estimate of drug-likeness (QED) is 0.301. The van der Waals surface area contributed by atoms with E-state index in [1.807, 2.05) is 57.2 Å². The van der Waals surface area contributed by atoms with Gasteiger partial charge in [-0.3, -0.25) is 0 Å². The average molecular weight is 366 g/mol. The summed E-state index contributed by atoms with van der Waals surface area (Å²) >= 11 is 0. The fraction of sp³-hybridized carbons (Fsp3) is 0.364. The number of carbonyl (C=O) groups excluding carboxylic acids is 1. The Labute approximate surface area is 160 Å². The third kappa shape index (κ3) is 5.24. The Morgan fingerprint density at radius 3 is 2.63 bits per heavy atom. The summed E-state index contributed by atoms with van der Waals surface area (Å²) in [7, 11) is 0. The smallest absolute Gasteiger partial charge is 0.349 e. The third-order valence-corrected chi connectivity index (χ3v) is 4.37. The van der Waals surface area contributed by atoms with Gasteiger partial charge in [0.1, 0.15) is 30.6 Å². The maximum absolute atomic E-state index is 12.2. The van der Waals surface area contributed by atoms with Crippen LogP contribution in [0.2, 0.25) is 0 Å². The van der Waals surface area contributed by atoms with E-state index < -0.39 is 5.97 Å². The molecule has 0 aliphatic carbocycles. The zero-order chi connectivity index (χ0) is 19.8. The van der Waals surface area contributed by atoms with Gasteiger partial charge in [0.15, 0.2) is 0 Å². The van der Waals surface area contributed by atoms with E-state index in [2.05, 4.69) is 11.5 Å². The standard InChI is InChI=1S/C22H26N2O3/c1-5-10-24-17(3)13-19(18(24)4)14-20(15-23)22(25)27-12-11-26-21-9-7-6-8-16(21)2/h6-9,13-14H,5,10-12H2,1-4H3/b20-14+. The number of aromatic nitrogens is 1. The van der Waals surface area contributed by atoms with Crippen molar-refractivity contribution in [1.82, 2.24) is 4.57 Å². The van der Waals surface area contributed by atoms with Gasteiger partial charge in [-0.2, -0.15) is 5.26 Å². The largest absolute Gasteiger partial charge is 0.490 e. The van der Waals surface area contributed by atoms with Crippen LogP contribution >= 0.6 is 0 Å². The Morgan fingerprint density at radius 2 is 1.96 bits per heavy atom. The summed E-state index contributed by atoms with van der Waals surface area (Å²) < 4.78 is 13.0. The minimum absolute atomic E-state index is 0.0114. The molecule has 0 aliphatic heterocycles. The van der Waals surface area contributed by atoms with Crippen LogP contribution in [0.25, 0.3) is 6.08 Å². The number of para-hydroxylation sites is 1. The Bertz CT molecular complexity index is 872. The van der Waals surface area contributed by atoms with E-state index in [-0.39, 0.29) is 18.8 Å². The summed E-state index contributed by atoms with van der Waals surface area (Å²) in [6.07, 6.45) is 2.62. The molecule has 1 aromatic heterocycles. The van der Waals surface area contributed by atoms with Crippen LogP contribution < -0.4 is 4.74 Å². The van der Waals surface area contributed by atoms with E-state index >= 15 is 0 Å². The van der Waals surface area contributed by atoms with Crippen molar-refractivity contribution in [2.24, 2.45) is 0 Å². The summed E-state index contributed by atoms with van der Waals surface area (Å²) in [5, 5.41) is 9.34. The zero-order valence-corrected chi connectivity index (χ0v) is 16.4. The second-order valence-electron chi connectivity index (χ2n) is 6.40. The van der Waals surface area contributed by atoms with Crippen LogP contribution in [0.5, 0.6) is 5.75 Å². The Hall–Kier alpha value is -3.00. The van der Waals surface area contributed by atoms with Crippen LogP contribution in [0.1, 0.15) is 35.9 Å². The topological polar surface area (TPSA) is 64.2 Å². The van der Waals surface area contributed by atoms with E-state index in [1.165, 1.54) is 0 Å². The van der Waals surface area contributed by atoms with Crippen molar-refractivity contribution in [3.63, 3.8) is 0 Å². The number of aryl methyl sites for hydroxylation is 2. The molecule has 0 fully saturated rings. The van der Waals surface area contributed by atoms with Crippen molar-refractivity contribution in [2.45, 2.75) is 40.7 Å². The number of nitrogens with zero attached hydrogens (tertiary/aromatic N) is 2. The van der Waals surface area contributed by atoms with E-state index in [0.29, 0.717) is 0 Å². The van der Waals surface area contributed by atoms with Gasteiger partial charge in [-0.15, -0.1) is 0 Å². The number of rotatable bonds is 8. The normalized spacial score (nSPS) is 11.1. The molecule has 0 aliphatic rings. The monoisotopic (exact) mass is 366 g/mol. The molecule has 2 aromatic rings. The number of hydrogen-bond donors (Lipinski definition) is 0. The fourth-order valence-electron chi connectivity index (χ4n) is 2.92. The lowest BCUT2D eigenvalue weighted by Gasteiger charge is -2.09. The second kappa shape index (κ2) is 9.63. The highest BCUT2D eigenvalue weighted by Gasteiger charge is 2.14. The van der Waals surface area contributed by atoms with Crippen LogP contribution in [0, 0.1) is 32.1 Å². The zero-order valence-electron chi connectivity index (χ0n) is 16.4. The lowest BCUT2D eigenvalue weighted by atomic mass is 10.1. The van der Waals surface area contributed by atoms with Crippen molar-refractivity contribution >= 4 is 12.0 Å². The molecule has 0 saturated heterocycles. The number of hydrogen-bond acceptors (Lipinski definition) is 4. The molecule has 0 N–H and O–H groups in total. The second-order valence-corrected chi connectivity index (χ2v) is 6.40. The summed E-state index contributed by atoms with van der Waals surface area (Å²) in [6.45, 7) is 9.31. The van der Waals surface area contributed by atoms with Gasteiger partial charge in [0.25, 0.3) is 0 Å². The van der Waals surface area contributed by atoms with Crippen LogP contribution in [0.15, 0.2) is 35.9 Å². The molecule has 5 heteroatoms. The van der Waals surface area contributed by atoms with Gasteiger partial charge in [-0.25, -0.2) is 4.79 Å². The van der Waals surface area contributed by atoms with Gasteiger partial charge in [-0.1, -0.05) is 25.1 Å². The maximum Gasteiger partial charge on any atom is 0.349 e. The van der Waals surface area contributed by atoms with Crippen molar-refractivity contribution in [3.05, 3.63) is 58.4 Å². The molecule has 0 unspecified atom stereocenters. The Morgan fingerprint density at radius 1 is 1.22 bits per heavy atom. The highest BCUT2D eigenvalue weighted by atomic mass is 16.6. The molecule has 5 nitrogen and oxygen atoms in total. The van der Waals surface area contributed by atoms with Gasteiger partial charge in [0, 0.05) is 17.9 Å². The lowest BCUT2D eigenvalue weighted by molar-refractivity contribution is -0.139. The molecule has 2 rings (SSSR count). The Balaban J connectivity index is 1.98. The molecule has 142 valence electrons. The average Bonchev–Trinajstić information content (AvgIpc) is 2.92. The van der Waals surface area contributed by atoms with Crippen molar-refractivity contribution in [3.8, 4) is 11.8 Å². The van der Waals surface area contributed by atoms with E-state index in [0.717, 1.165) is 41.2 Å². The number of nitriles is 1. The third-order valence-electron chi connectivity index (χ3n) is 4.37. The summed E-state index contributed by atoms with van der Waals surface area (Å²) in [4.78, 5) is 12.2. The highest BCUT2D eigenvalue weighted by molar-refractivity contribution is 5.98. The predicted octanol–water partition coefficient (Wildman–Crippen LogP) is 4.35. The number of ether oxygens (including phenoxy) is 2. The lowest BCUT2D eigenvalue weighted by Crippen LogP contribution is -2.13. The molecule has 27 heavy (non-hydrogen) atoms. The van der Waals surface area contributed by atoms with Crippen LogP contribution in [-0.4, -0.2) is 23.8 Å². The minimum atomic E-state index is -0.633. The molecule has 0 spiro atoms. The first-order valence-corrected chi connectivity index (χ1v) is 9.12.